The Morgan fingerprint density at radius 1 is 1.04 bits per heavy atom. The summed E-state index contributed by atoms with van der Waals surface area (Å²) in [6, 6.07) is 5.00. The van der Waals surface area contributed by atoms with Crippen molar-refractivity contribution < 1.29 is 14.3 Å². The maximum Gasteiger partial charge on any atom is 0.255 e. The lowest BCUT2D eigenvalue weighted by Crippen LogP contribution is -2.61. The number of amides is 2. The van der Waals surface area contributed by atoms with Gasteiger partial charge in [0.05, 0.1) is 21.1 Å². The molecule has 2 fully saturated rings. The second-order valence-corrected chi connectivity index (χ2v) is 7.24. The van der Waals surface area contributed by atoms with E-state index in [1.165, 1.54) is 0 Å². The lowest BCUT2D eigenvalue weighted by atomic mass is 9.89. The molecule has 0 saturated carbocycles. The van der Waals surface area contributed by atoms with Crippen molar-refractivity contribution in [2.45, 2.75) is 18.4 Å². The van der Waals surface area contributed by atoms with Crippen molar-refractivity contribution in [1.29, 1.82) is 0 Å². The Kier molecular flexibility index (Phi) is 7.16. The van der Waals surface area contributed by atoms with E-state index in [1.54, 1.807) is 28.0 Å². The van der Waals surface area contributed by atoms with E-state index < -0.39 is 5.54 Å². The van der Waals surface area contributed by atoms with Gasteiger partial charge in [-0.15, -0.1) is 12.4 Å². The highest BCUT2D eigenvalue weighted by molar-refractivity contribution is 6.43. The normalized spacial score (nSPS) is 19.7. The summed E-state index contributed by atoms with van der Waals surface area (Å²) in [6.45, 7) is 2.83. The summed E-state index contributed by atoms with van der Waals surface area (Å²) in [5.41, 5.74) is 5.81. The van der Waals surface area contributed by atoms with Crippen LogP contribution in [0, 0.1) is 0 Å². The van der Waals surface area contributed by atoms with E-state index in [0.717, 1.165) is 0 Å². The highest BCUT2D eigenvalue weighted by atomic mass is 35.5. The molecule has 0 radical (unpaired) electrons. The molecule has 26 heavy (non-hydrogen) atoms. The van der Waals surface area contributed by atoms with Gasteiger partial charge >= 0.3 is 0 Å². The molecule has 0 atom stereocenters. The predicted octanol–water partition coefficient (Wildman–Crippen LogP) is 2.21. The summed E-state index contributed by atoms with van der Waals surface area (Å²) in [6.07, 6.45) is 1.06. The van der Waals surface area contributed by atoms with Gasteiger partial charge in [-0.25, -0.2) is 0 Å². The fourth-order valence-electron chi connectivity index (χ4n) is 3.22. The quantitative estimate of drug-likeness (QED) is 0.793. The third-order valence-corrected chi connectivity index (χ3v) is 5.67. The molecular weight excluding hydrogens is 401 g/mol. The Morgan fingerprint density at radius 2 is 1.62 bits per heavy atom. The summed E-state index contributed by atoms with van der Waals surface area (Å²) >= 11 is 12.1. The lowest BCUT2D eigenvalue weighted by Gasteiger charge is -2.41. The maximum absolute atomic E-state index is 12.7. The van der Waals surface area contributed by atoms with Crippen LogP contribution >= 0.6 is 35.6 Å². The van der Waals surface area contributed by atoms with Crippen LogP contribution < -0.4 is 5.73 Å². The van der Waals surface area contributed by atoms with Crippen LogP contribution in [0.3, 0.4) is 0 Å². The Hall–Kier alpha value is -1.05. The van der Waals surface area contributed by atoms with Crippen LogP contribution in [0.25, 0.3) is 0 Å². The molecule has 2 N–H and O–H groups in total. The number of hydrogen-bond donors (Lipinski definition) is 1. The zero-order valence-corrected chi connectivity index (χ0v) is 16.6. The minimum atomic E-state index is -0.847. The largest absolute Gasteiger partial charge is 0.381 e. The van der Waals surface area contributed by atoms with E-state index in [1.807, 2.05) is 0 Å². The number of rotatable bonds is 2. The third kappa shape index (κ3) is 4.26. The first kappa shape index (κ1) is 21.3. The number of halogens is 3. The van der Waals surface area contributed by atoms with E-state index >= 15 is 0 Å². The molecule has 0 bridgehead atoms. The van der Waals surface area contributed by atoms with Crippen LogP contribution in [0.4, 0.5) is 0 Å². The number of benzene rings is 1. The SMILES string of the molecule is Cl.NC1(C(=O)N2CCN(C(=O)c3cccc(Cl)c3Cl)CC2)CCOCC1. The van der Waals surface area contributed by atoms with Crippen molar-refractivity contribution in [2.75, 3.05) is 39.4 Å². The van der Waals surface area contributed by atoms with Crippen LogP contribution in [0.2, 0.25) is 10.0 Å². The molecule has 0 unspecified atom stereocenters. The van der Waals surface area contributed by atoms with Crippen LogP contribution in [-0.2, 0) is 9.53 Å². The molecule has 1 aromatic carbocycles. The molecule has 2 amide bonds. The van der Waals surface area contributed by atoms with E-state index in [-0.39, 0.29) is 29.2 Å². The summed E-state index contributed by atoms with van der Waals surface area (Å²) in [4.78, 5) is 28.8. The molecule has 144 valence electrons. The van der Waals surface area contributed by atoms with Gasteiger partial charge in [0, 0.05) is 39.4 Å². The van der Waals surface area contributed by atoms with Crippen molar-refractivity contribution in [3.63, 3.8) is 0 Å². The lowest BCUT2D eigenvalue weighted by molar-refractivity contribution is -0.142. The Bertz CT molecular complexity index is 672. The molecule has 3 rings (SSSR count). The first-order valence-corrected chi connectivity index (χ1v) is 9.07. The van der Waals surface area contributed by atoms with Crippen molar-refractivity contribution in [3.05, 3.63) is 33.8 Å². The first-order chi connectivity index (χ1) is 11.9. The molecule has 0 aliphatic carbocycles. The number of piperazine rings is 1. The molecular formula is C17H22Cl3N3O3. The molecule has 2 heterocycles. The maximum atomic E-state index is 12.7. The Balaban J connectivity index is 0.00000243. The number of nitrogens with two attached hydrogens (primary N) is 1. The van der Waals surface area contributed by atoms with Gasteiger partial charge < -0.3 is 20.3 Å². The topological polar surface area (TPSA) is 75.9 Å². The van der Waals surface area contributed by atoms with E-state index in [9.17, 15) is 9.59 Å². The third-order valence-electron chi connectivity index (χ3n) is 4.85. The second kappa shape index (κ2) is 8.76. The Labute approximate surface area is 168 Å². The minimum absolute atomic E-state index is 0. The fourth-order valence-corrected chi connectivity index (χ4v) is 3.60. The number of nitrogens with zero attached hydrogens (tertiary/aromatic N) is 2. The molecule has 2 saturated heterocycles. The average Bonchev–Trinajstić information content (AvgIpc) is 2.63. The van der Waals surface area contributed by atoms with Crippen LogP contribution in [0.1, 0.15) is 23.2 Å². The standard InChI is InChI=1S/C17H21Cl2N3O3.ClH/c18-13-3-1-2-12(14(13)19)15(23)21-6-8-22(9-7-21)16(24)17(20)4-10-25-11-5-17;/h1-3H,4-11,20H2;1H. The van der Waals surface area contributed by atoms with Gasteiger partial charge in [-0.3, -0.25) is 9.59 Å². The van der Waals surface area contributed by atoms with Gasteiger partial charge in [-0.05, 0) is 25.0 Å². The number of hydrogen-bond acceptors (Lipinski definition) is 4. The molecule has 9 heteroatoms. The number of carbonyl (C=O) groups is 2. The highest BCUT2D eigenvalue weighted by Crippen LogP contribution is 2.27. The molecule has 2 aliphatic rings. The van der Waals surface area contributed by atoms with Gasteiger partial charge in [0.1, 0.15) is 0 Å². The van der Waals surface area contributed by atoms with Crippen LogP contribution in [-0.4, -0.2) is 66.5 Å². The first-order valence-electron chi connectivity index (χ1n) is 8.32. The summed E-state index contributed by atoms with van der Waals surface area (Å²) < 4.78 is 5.29. The smallest absolute Gasteiger partial charge is 0.255 e. The second-order valence-electron chi connectivity index (χ2n) is 6.45. The van der Waals surface area contributed by atoms with Crippen LogP contribution in [0.5, 0.6) is 0 Å². The van der Waals surface area contributed by atoms with E-state index in [2.05, 4.69) is 0 Å². The monoisotopic (exact) mass is 421 g/mol. The number of ether oxygens (including phenoxy) is 1. The van der Waals surface area contributed by atoms with Crippen molar-refractivity contribution in [1.82, 2.24) is 9.80 Å². The van der Waals surface area contributed by atoms with Crippen molar-refractivity contribution >= 4 is 47.4 Å². The molecule has 6 nitrogen and oxygen atoms in total. The van der Waals surface area contributed by atoms with Crippen molar-refractivity contribution in [2.24, 2.45) is 5.73 Å². The van der Waals surface area contributed by atoms with Gasteiger partial charge in [0.25, 0.3) is 5.91 Å². The van der Waals surface area contributed by atoms with E-state index in [0.29, 0.717) is 62.8 Å². The van der Waals surface area contributed by atoms with E-state index in [4.69, 9.17) is 33.7 Å². The van der Waals surface area contributed by atoms with Gasteiger partial charge in [0.2, 0.25) is 5.91 Å². The average molecular weight is 423 g/mol. The minimum Gasteiger partial charge on any atom is -0.381 e. The summed E-state index contributed by atoms with van der Waals surface area (Å²) in [5, 5.41) is 0.613. The number of carbonyl (C=O) groups excluding carboxylic acids is 2. The predicted molar refractivity (Wildman–Crippen MR) is 103 cm³/mol. The van der Waals surface area contributed by atoms with Gasteiger partial charge in [-0.2, -0.15) is 0 Å². The van der Waals surface area contributed by atoms with Crippen LogP contribution in [0.15, 0.2) is 18.2 Å². The molecule has 1 aromatic rings. The van der Waals surface area contributed by atoms with Gasteiger partial charge in [0.15, 0.2) is 0 Å². The van der Waals surface area contributed by atoms with Gasteiger partial charge in [-0.1, -0.05) is 29.3 Å². The highest BCUT2D eigenvalue weighted by Gasteiger charge is 2.40. The zero-order chi connectivity index (χ0) is 18.0. The fraction of sp³-hybridized carbons (Fsp3) is 0.529. The molecule has 0 spiro atoms. The zero-order valence-electron chi connectivity index (χ0n) is 14.2. The molecule has 2 aliphatic heterocycles. The Morgan fingerprint density at radius 3 is 2.23 bits per heavy atom. The van der Waals surface area contributed by atoms with Crippen molar-refractivity contribution in [3.8, 4) is 0 Å². The summed E-state index contributed by atoms with van der Waals surface area (Å²) in [7, 11) is 0. The summed E-state index contributed by atoms with van der Waals surface area (Å²) in [5.74, 6) is -0.225. The molecule has 0 aromatic heterocycles.